The predicted molar refractivity (Wildman–Crippen MR) is 99.0 cm³/mol. The van der Waals surface area contributed by atoms with Gasteiger partial charge in [0, 0.05) is 55.4 Å². The number of aromatic nitrogens is 5. The zero-order chi connectivity index (χ0) is 17.8. The van der Waals surface area contributed by atoms with E-state index in [4.69, 9.17) is 4.74 Å². The van der Waals surface area contributed by atoms with Crippen LogP contribution in [0.25, 0.3) is 11.0 Å². The van der Waals surface area contributed by atoms with Crippen LogP contribution < -0.4 is 10.1 Å². The number of methoxy groups -OCH3 is 1. The standard InChI is InChI=1S/C19H18N6O/c1-26-17-5-4-13(8-21-17)9-23-19-24-10-14(11-25-19)7-15-12-22-18-16(15)3-2-6-20-18/h2-6,8,10-12H,7,9H2,1H3,(H,20,22)(H,23,24,25). The van der Waals surface area contributed by atoms with Crippen LogP contribution in [-0.2, 0) is 13.0 Å². The lowest BCUT2D eigenvalue weighted by Gasteiger charge is -2.06. The van der Waals surface area contributed by atoms with E-state index in [9.17, 15) is 0 Å². The van der Waals surface area contributed by atoms with Crippen molar-refractivity contribution in [2.24, 2.45) is 0 Å². The first-order valence-corrected chi connectivity index (χ1v) is 8.26. The van der Waals surface area contributed by atoms with Gasteiger partial charge in [-0.3, -0.25) is 0 Å². The van der Waals surface area contributed by atoms with E-state index in [-0.39, 0.29) is 0 Å². The molecule has 4 aromatic rings. The summed E-state index contributed by atoms with van der Waals surface area (Å²) < 4.78 is 5.05. The third-order valence-electron chi connectivity index (χ3n) is 4.09. The molecule has 0 aliphatic carbocycles. The minimum Gasteiger partial charge on any atom is -0.481 e. The van der Waals surface area contributed by atoms with E-state index in [1.165, 1.54) is 5.56 Å². The third kappa shape index (κ3) is 3.46. The Labute approximate surface area is 150 Å². The Kier molecular flexibility index (Phi) is 4.42. The lowest BCUT2D eigenvalue weighted by atomic mass is 10.1. The molecule has 0 aliphatic rings. The SMILES string of the molecule is COc1ccc(CNc2ncc(Cc3c[nH]c4ncccc34)cn2)cn1. The topological polar surface area (TPSA) is 88.6 Å². The molecule has 0 aromatic carbocycles. The molecule has 0 saturated heterocycles. The molecule has 0 unspecified atom stereocenters. The van der Waals surface area contributed by atoms with Crippen molar-refractivity contribution >= 4 is 17.0 Å². The summed E-state index contributed by atoms with van der Waals surface area (Å²) in [5, 5.41) is 4.32. The predicted octanol–water partition coefficient (Wildman–Crippen LogP) is 2.96. The maximum Gasteiger partial charge on any atom is 0.222 e. The van der Waals surface area contributed by atoms with Crippen LogP contribution in [0.3, 0.4) is 0 Å². The molecule has 0 saturated carbocycles. The van der Waals surface area contributed by atoms with Crippen LogP contribution in [0.2, 0.25) is 0 Å². The zero-order valence-corrected chi connectivity index (χ0v) is 14.3. The average molecular weight is 346 g/mol. The molecular weight excluding hydrogens is 328 g/mol. The maximum atomic E-state index is 5.05. The first-order chi connectivity index (χ1) is 12.8. The highest BCUT2D eigenvalue weighted by Crippen LogP contribution is 2.19. The van der Waals surface area contributed by atoms with Gasteiger partial charge < -0.3 is 15.0 Å². The number of fused-ring (bicyclic) bond motifs is 1. The third-order valence-corrected chi connectivity index (χ3v) is 4.09. The van der Waals surface area contributed by atoms with Crippen LogP contribution in [0.15, 0.2) is 55.2 Å². The molecule has 0 spiro atoms. The highest BCUT2D eigenvalue weighted by Gasteiger charge is 2.06. The number of nitrogens with zero attached hydrogens (tertiary/aromatic N) is 4. The van der Waals surface area contributed by atoms with E-state index in [0.29, 0.717) is 18.4 Å². The van der Waals surface area contributed by atoms with Crippen LogP contribution in [-0.4, -0.2) is 32.0 Å². The number of hydrogen-bond acceptors (Lipinski definition) is 6. The number of aromatic amines is 1. The smallest absolute Gasteiger partial charge is 0.222 e. The summed E-state index contributed by atoms with van der Waals surface area (Å²) in [6.45, 7) is 0.602. The summed E-state index contributed by atoms with van der Waals surface area (Å²) in [6, 6.07) is 7.79. The van der Waals surface area contributed by atoms with Gasteiger partial charge in [0.15, 0.2) is 0 Å². The normalized spacial score (nSPS) is 10.8. The van der Waals surface area contributed by atoms with E-state index in [1.54, 1.807) is 19.5 Å². The first kappa shape index (κ1) is 16.0. The van der Waals surface area contributed by atoms with Gasteiger partial charge in [0.1, 0.15) is 5.65 Å². The average Bonchev–Trinajstić information content (AvgIpc) is 3.11. The van der Waals surface area contributed by atoms with Gasteiger partial charge in [0.25, 0.3) is 0 Å². The Morgan fingerprint density at radius 1 is 1.00 bits per heavy atom. The van der Waals surface area contributed by atoms with Crippen molar-refractivity contribution in [3.63, 3.8) is 0 Å². The van der Waals surface area contributed by atoms with E-state index >= 15 is 0 Å². The van der Waals surface area contributed by atoms with Crippen LogP contribution in [0.4, 0.5) is 5.95 Å². The monoisotopic (exact) mass is 346 g/mol. The summed E-state index contributed by atoms with van der Waals surface area (Å²) in [4.78, 5) is 20.5. The fourth-order valence-corrected chi connectivity index (χ4v) is 2.73. The number of nitrogens with one attached hydrogen (secondary N) is 2. The van der Waals surface area contributed by atoms with Crippen molar-refractivity contribution in [3.8, 4) is 5.88 Å². The molecule has 0 radical (unpaired) electrons. The molecule has 0 bridgehead atoms. The minimum atomic E-state index is 0.588. The van der Waals surface area contributed by atoms with E-state index in [2.05, 4.69) is 36.3 Å². The molecule has 4 aromatic heterocycles. The number of pyridine rings is 2. The fraction of sp³-hybridized carbons (Fsp3) is 0.158. The summed E-state index contributed by atoms with van der Waals surface area (Å²) in [7, 11) is 1.60. The van der Waals surface area contributed by atoms with Gasteiger partial charge in [-0.05, 0) is 28.8 Å². The van der Waals surface area contributed by atoms with Gasteiger partial charge in [-0.25, -0.2) is 19.9 Å². The summed E-state index contributed by atoms with van der Waals surface area (Å²) in [5.74, 6) is 1.19. The van der Waals surface area contributed by atoms with Crippen molar-refractivity contribution in [1.82, 2.24) is 24.9 Å². The van der Waals surface area contributed by atoms with Gasteiger partial charge in [0.05, 0.1) is 7.11 Å². The Morgan fingerprint density at radius 3 is 2.62 bits per heavy atom. The zero-order valence-electron chi connectivity index (χ0n) is 14.3. The van der Waals surface area contributed by atoms with Crippen molar-refractivity contribution in [2.45, 2.75) is 13.0 Å². The molecule has 0 fully saturated rings. The molecule has 0 amide bonds. The Balaban J connectivity index is 1.40. The Hall–Kier alpha value is -3.48. The molecule has 26 heavy (non-hydrogen) atoms. The molecule has 4 rings (SSSR count). The van der Waals surface area contributed by atoms with Gasteiger partial charge in [-0.1, -0.05) is 6.07 Å². The quantitative estimate of drug-likeness (QED) is 0.558. The highest BCUT2D eigenvalue weighted by molar-refractivity contribution is 5.79. The molecule has 7 heteroatoms. The number of hydrogen-bond donors (Lipinski definition) is 2. The van der Waals surface area contributed by atoms with Crippen molar-refractivity contribution < 1.29 is 4.74 Å². The van der Waals surface area contributed by atoms with Crippen molar-refractivity contribution in [3.05, 3.63) is 71.9 Å². The Bertz CT molecular complexity index is 995. The van der Waals surface area contributed by atoms with E-state index in [1.807, 2.05) is 36.8 Å². The fourth-order valence-electron chi connectivity index (χ4n) is 2.73. The second-order valence-corrected chi connectivity index (χ2v) is 5.87. The van der Waals surface area contributed by atoms with Crippen molar-refractivity contribution in [1.29, 1.82) is 0 Å². The molecular formula is C19H18N6O. The number of anilines is 1. The largest absolute Gasteiger partial charge is 0.481 e. The lowest BCUT2D eigenvalue weighted by Crippen LogP contribution is -2.04. The summed E-state index contributed by atoms with van der Waals surface area (Å²) in [5.41, 5.74) is 4.16. The number of ether oxygens (including phenoxy) is 1. The highest BCUT2D eigenvalue weighted by atomic mass is 16.5. The molecule has 4 heterocycles. The second kappa shape index (κ2) is 7.18. The summed E-state index contributed by atoms with van der Waals surface area (Å²) in [6.07, 6.45) is 9.98. The molecule has 0 aliphatic heterocycles. The second-order valence-electron chi connectivity index (χ2n) is 5.87. The van der Waals surface area contributed by atoms with Gasteiger partial charge in [0.2, 0.25) is 11.8 Å². The molecule has 0 atom stereocenters. The molecule has 2 N–H and O–H groups in total. The number of rotatable bonds is 6. The van der Waals surface area contributed by atoms with Crippen LogP contribution in [0, 0.1) is 0 Å². The minimum absolute atomic E-state index is 0.588. The van der Waals surface area contributed by atoms with Crippen LogP contribution >= 0.6 is 0 Å². The lowest BCUT2D eigenvalue weighted by molar-refractivity contribution is 0.397. The molecule has 130 valence electrons. The van der Waals surface area contributed by atoms with Gasteiger partial charge in [-0.2, -0.15) is 0 Å². The van der Waals surface area contributed by atoms with Crippen molar-refractivity contribution in [2.75, 3.05) is 12.4 Å². The van der Waals surface area contributed by atoms with Gasteiger partial charge >= 0.3 is 0 Å². The maximum absolute atomic E-state index is 5.05. The van der Waals surface area contributed by atoms with Crippen LogP contribution in [0.1, 0.15) is 16.7 Å². The van der Waals surface area contributed by atoms with Gasteiger partial charge in [-0.15, -0.1) is 0 Å². The molecule has 7 nitrogen and oxygen atoms in total. The number of H-pyrrole nitrogens is 1. The Morgan fingerprint density at radius 2 is 1.85 bits per heavy atom. The van der Waals surface area contributed by atoms with E-state index < -0.39 is 0 Å². The summed E-state index contributed by atoms with van der Waals surface area (Å²) >= 11 is 0. The van der Waals surface area contributed by atoms with E-state index in [0.717, 1.165) is 28.6 Å². The first-order valence-electron chi connectivity index (χ1n) is 8.26. The van der Waals surface area contributed by atoms with Crippen LogP contribution in [0.5, 0.6) is 5.88 Å².